The van der Waals surface area contributed by atoms with Gasteiger partial charge in [-0.15, -0.1) is 0 Å². The van der Waals surface area contributed by atoms with E-state index >= 15 is 0 Å². The molecular weight excluding hydrogens is 336 g/mol. The molecule has 1 amide bonds. The maximum atomic E-state index is 11.0. The first-order valence-electron chi connectivity index (χ1n) is 8.64. The number of ether oxygens (including phenoxy) is 3. The molecule has 7 heteroatoms. The number of pyridine rings is 1. The molecule has 0 saturated carbocycles. The van der Waals surface area contributed by atoms with E-state index in [0.717, 1.165) is 23.2 Å². The number of benzene rings is 1. The van der Waals surface area contributed by atoms with Crippen LogP contribution in [0.4, 0.5) is 4.79 Å². The molecule has 26 heavy (non-hydrogen) atoms. The van der Waals surface area contributed by atoms with E-state index in [1.54, 1.807) is 6.07 Å². The summed E-state index contributed by atoms with van der Waals surface area (Å²) in [4.78, 5) is 16.9. The predicted molar refractivity (Wildman–Crippen MR) is 92.9 cm³/mol. The molecule has 136 valence electrons. The molecule has 1 N–H and O–H groups in total. The lowest BCUT2D eigenvalue weighted by Crippen LogP contribution is -2.53. The Morgan fingerprint density at radius 3 is 2.77 bits per heavy atom. The molecule has 0 unspecified atom stereocenters. The van der Waals surface area contributed by atoms with Crippen LogP contribution >= 0.6 is 0 Å². The number of rotatable bonds is 5. The minimum atomic E-state index is -0.903. The molecular formula is C19H20N2O5. The zero-order valence-corrected chi connectivity index (χ0v) is 14.2. The van der Waals surface area contributed by atoms with E-state index < -0.39 is 6.09 Å². The van der Waals surface area contributed by atoms with Gasteiger partial charge < -0.3 is 24.2 Å². The van der Waals surface area contributed by atoms with E-state index in [0.29, 0.717) is 32.2 Å². The molecule has 4 rings (SSSR count). The van der Waals surface area contributed by atoms with Gasteiger partial charge in [-0.3, -0.25) is 0 Å². The third-order valence-corrected chi connectivity index (χ3v) is 4.61. The predicted octanol–water partition coefficient (Wildman–Crippen LogP) is 2.93. The summed E-state index contributed by atoms with van der Waals surface area (Å²) >= 11 is 0. The Hall–Kier alpha value is -2.64. The summed E-state index contributed by atoms with van der Waals surface area (Å²) in [5.41, 5.74) is 2.69. The van der Waals surface area contributed by atoms with E-state index in [1.807, 2.05) is 36.4 Å². The van der Waals surface area contributed by atoms with Crippen LogP contribution in [0.25, 0.3) is 11.3 Å². The van der Waals surface area contributed by atoms with E-state index in [4.69, 9.17) is 19.3 Å². The molecule has 0 aliphatic carbocycles. The van der Waals surface area contributed by atoms with Gasteiger partial charge in [0.2, 0.25) is 5.88 Å². The molecule has 0 bridgehead atoms. The topological polar surface area (TPSA) is 81.1 Å². The third kappa shape index (κ3) is 3.49. The minimum absolute atomic E-state index is 0.0991. The Morgan fingerprint density at radius 1 is 1.23 bits per heavy atom. The SMILES string of the molecule is O=C(O)N1CC[C@@H]1COc1cccc(-c2cccc(C3OCCO3)c2)n1. The van der Waals surface area contributed by atoms with Gasteiger partial charge in [-0.1, -0.05) is 24.3 Å². The van der Waals surface area contributed by atoms with Crippen LogP contribution < -0.4 is 4.74 Å². The zero-order chi connectivity index (χ0) is 17.9. The highest BCUT2D eigenvalue weighted by Crippen LogP contribution is 2.28. The lowest BCUT2D eigenvalue weighted by atomic mass is 10.1. The van der Waals surface area contributed by atoms with E-state index in [9.17, 15) is 4.79 Å². The minimum Gasteiger partial charge on any atom is -0.475 e. The van der Waals surface area contributed by atoms with Gasteiger partial charge in [0.1, 0.15) is 6.61 Å². The molecule has 0 radical (unpaired) electrons. The number of likely N-dealkylation sites (tertiary alicyclic amines) is 1. The first-order chi connectivity index (χ1) is 12.7. The fourth-order valence-electron chi connectivity index (χ4n) is 3.10. The van der Waals surface area contributed by atoms with E-state index in [-0.39, 0.29) is 12.3 Å². The van der Waals surface area contributed by atoms with Gasteiger partial charge in [-0.2, -0.15) is 0 Å². The molecule has 2 aliphatic rings. The van der Waals surface area contributed by atoms with Crippen molar-refractivity contribution in [3.05, 3.63) is 48.0 Å². The van der Waals surface area contributed by atoms with Crippen molar-refractivity contribution < 1.29 is 24.1 Å². The first-order valence-corrected chi connectivity index (χ1v) is 8.64. The highest BCUT2D eigenvalue weighted by atomic mass is 16.7. The average Bonchev–Trinajstić information content (AvgIpc) is 3.15. The Kier molecular flexibility index (Phi) is 4.73. The summed E-state index contributed by atoms with van der Waals surface area (Å²) in [6.07, 6.45) is -0.412. The maximum Gasteiger partial charge on any atom is 0.407 e. The van der Waals surface area contributed by atoms with Gasteiger partial charge in [0.25, 0.3) is 0 Å². The van der Waals surface area contributed by atoms with Crippen LogP contribution in [0.3, 0.4) is 0 Å². The molecule has 1 aromatic heterocycles. The summed E-state index contributed by atoms with van der Waals surface area (Å²) < 4.78 is 16.8. The molecule has 0 spiro atoms. The Labute approximate surface area is 151 Å². The molecule has 2 aliphatic heterocycles. The Morgan fingerprint density at radius 2 is 2.04 bits per heavy atom. The number of nitrogens with zero attached hydrogens (tertiary/aromatic N) is 2. The fourth-order valence-corrected chi connectivity index (χ4v) is 3.10. The highest BCUT2D eigenvalue weighted by molar-refractivity contribution is 5.66. The van der Waals surface area contributed by atoms with Crippen LogP contribution in [-0.4, -0.2) is 53.5 Å². The summed E-state index contributed by atoms with van der Waals surface area (Å²) in [5, 5.41) is 9.04. The van der Waals surface area contributed by atoms with Gasteiger partial charge in [-0.05, 0) is 18.6 Å². The molecule has 3 heterocycles. The lowest BCUT2D eigenvalue weighted by molar-refractivity contribution is -0.0440. The second-order valence-electron chi connectivity index (χ2n) is 6.29. The number of hydrogen-bond donors (Lipinski definition) is 1. The van der Waals surface area contributed by atoms with Crippen molar-refractivity contribution in [3.63, 3.8) is 0 Å². The monoisotopic (exact) mass is 356 g/mol. The number of carboxylic acid groups (broad SMARTS) is 1. The summed E-state index contributed by atoms with van der Waals surface area (Å²) in [5.74, 6) is 0.485. The number of aromatic nitrogens is 1. The Bertz CT molecular complexity index is 791. The normalized spacial score (nSPS) is 20.0. The number of amides is 1. The molecule has 7 nitrogen and oxygen atoms in total. The molecule has 2 aromatic rings. The van der Waals surface area contributed by atoms with E-state index in [2.05, 4.69) is 4.98 Å². The van der Waals surface area contributed by atoms with Gasteiger partial charge in [0, 0.05) is 23.7 Å². The number of carbonyl (C=O) groups is 1. The standard InChI is InChI=1S/C19H20N2O5/c22-19(23)21-8-7-15(21)12-26-17-6-2-5-16(20-17)13-3-1-4-14(11-13)18-24-9-10-25-18/h1-6,11,15,18H,7-10,12H2,(H,22,23)/t15-/m1/s1. The molecule has 2 saturated heterocycles. The van der Waals surface area contributed by atoms with Crippen molar-refractivity contribution in [2.24, 2.45) is 0 Å². The molecule has 1 atom stereocenters. The van der Waals surface area contributed by atoms with Gasteiger partial charge >= 0.3 is 6.09 Å². The van der Waals surface area contributed by atoms with Crippen molar-refractivity contribution in [2.45, 2.75) is 18.8 Å². The van der Waals surface area contributed by atoms with E-state index in [1.165, 1.54) is 4.90 Å². The first kappa shape index (κ1) is 16.8. The van der Waals surface area contributed by atoms with Gasteiger partial charge in [0.15, 0.2) is 6.29 Å². The highest BCUT2D eigenvalue weighted by Gasteiger charge is 2.32. The average molecular weight is 356 g/mol. The van der Waals surface area contributed by atoms with Crippen molar-refractivity contribution in [2.75, 3.05) is 26.4 Å². The van der Waals surface area contributed by atoms with Crippen LogP contribution in [0.2, 0.25) is 0 Å². The maximum absolute atomic E-state index is 11.0. The second kappa shape index (κ2) is 7.31. The van der Waals surface area contributed by atoms with Crippen LogP contribution in [0.5, 0.6) is 5.88 Å². The van der Waals surface area contributed by atoms with Crippen LogP contribution in [0.15, 0.2) is 42.5 Å². The van der Waals surface area contributed by atoms with Gasteiger partial charge in [-0.25, -0.2) is 9.78 Å². The van der Waals surface area contributed by atoms with Crippen molar-refractivity contribution in [1.82, 2.24) is 9.88 Å². The second-order valence-corrected chi connectivity index (χ2v) is 6.29. The lowest BCUT2D eigenvalue weighted by Gasteiger charge is -2.38. The number of hydrogen-bond acceptors (Lipinski definition) is 5. The summed E-state index contributed by atoms with van der Waals surface area (Å²) in [7, 11) is 0. The largest absolute Gasteiger partial charge is 0.475 e. The summed E-state index contributed by atoms with van der Waals surface area (Å²) in [6.45, 7) is 2.08. The fraction of sp³-hybridized carbons (Fsp3) is 0.368. The molecule has 1 aromatic carbocycles. The van der Waals surface area contributed by atoms with Crippen molar-refractivity contribution in [3.8, 4) is 17.1 Å². The van der Waals surface area contributed by atoms with Gasteiger partial charge in [0.05, 0.1) is 24.9 Å². The smallest absolute Gasteiger partial charge is 0.407 e. The molecule has 2 fully saturated rings. The quantitative estimate of drug-likeness (QED) is 0.887. The summed E-state index contributed by atoms with van der Waals surface area (Å²) in [6, 6.07) is 13.4. The van der Waals surface area contributed by atoms with Crippen LogP contribution in [-0.2, 0) is 9.47 Å². The Balaban J connectivity index is 1.45. The van der Waals surface area contributed by atoms with Crippen molar-refractivity contribution in [1.29, 1.82) is 0 Å². The van der Waals surface area contributed by atoms with Crippen LogP contribution in [0, 0.1) is 0 Å². The van der Waals surface area contributed by atoms with Crippen molar-refractivity contribution >= 4 is 6.09 Å². The van der Waals surface area contributed by atoms with Crippen LogP contribution in [0.1, 0.15) is 18.3 Å². The zero-order valence-electron chi connectivity index (χ0n) is 14.2. The third-order valence-electron chi connectivity index (χ3n) is 4.61.